The number of fused-ring (bicyclic) bond motifs is 1. The largest absolute Gasteiger partial charge is 0.497 e. The van der Waals surface area contributed by atoms with Gasteiger partial charge in [0.05, 0.1) is 12.8 Å². The molecule has 1 aliphatic rings. The number of aryl methyl sites for hydroxylation is 2. The number of anilines is 1. The highest BCUT2D eigenvalue weighted by Crippen LogP contribution is 2.32. The molecule has 142 valence electrons. The molecule has 1 aliphatic heterocycles. The van der Waals surface area contributed by atoms with Crippen molar-refractivity contribution in [3.8, 4) is 5.75 Å². The van der Waals surface area contributed by atoms with Crippen LogP contribution in [-0.4, -0.2) is 36.7 Å². The Kier molecular flexibility index (Phi) is 4.47. The topological polar surface area (TPSA) is 46.5 Å². The van der Waals surface area contributed by atoms with E-state index in [1.807, 2.05) is 61.9 Å². The Bertz CT molecular complexity index is 1090. The van der Waals surface area contributed by atoms with Crippen LogP contribution in [0, 0.1) is 6.92 Å². The van der Waals surface area contributed by atoms with E-state index in [1.54, 1.807) is 7.11 Å². The van der Waals surface area contributed by atoms with Crippen molar-refractivity contribution in [1.82, 2.24) is 9.78 Å². The highest BCUT2D eigenvalue weighted by Gasteiger charge is 2.30. The van der Waals surface area contributed by atoms with Gasteiger partial charge in [0.25, 0.3) is 0 Å². The van der Waals surface area contributed by atoms with Crippen LogP contribution in [0.25, 0.3) is 5.70 Å². The van der Waals surface area contributed by atoms with Gasteiger partial charge >= 0.3 is 0 Å². The normalized spacial score (nSPS) is 14.2. The van der Waals surface area contributed by atoms with Gasteiger partial charge in [-0.25, -0.2) is 4.99 Å². The SMILES string of the molecule is COc1ccc(C2=C/C(=N\c3c(C)nn(C)c3N(C)C)c3cccc[n+]32)cc1. The van der Waals surface area contributed by atoms with E-state index in [2.05, 4.69) is 40.1 Å². The predicted molar refractivity (Wildman–Crippen MR) is 111 cm³/mol. The Morgan fingerprint density at radius 3 is 2.54 bits per heavy atom. The summed E-state index contributed by atoms with van der Waals surface area (Å²) < 4.78 is 9.33. The Balaban J connectivity index is 1.86. The van der Waals surface area contributed by atoms with Gasteiger partial charge in [0.1, 0.15) is 17.1 Å². The van der Waals surface area contributed by atoms with Gasteiger partial charge in [-0.2, -0.15) is 9.67 Å². The van der Waals surface area contributed by atoms with Gasteiger partial charge < -0.3 is 9.64 Å². The fourth-order valence-corrected chi connectivity index (χ4v) is 3.60. The van der Waals surface area contributed by atoms with Gasteiger partial charge in [0.2, 0.25) is 11.4 Å². The van der Waals surface area contributed by atoms with Gasteiger partial charge in [-0.3, -0.25) is 4.68 Å². The molecule has 0 aliphatic carbocycles. The molecule has 0 unspecified atom stereocenters. The maximum absolute atomic E-state index is 5.29. The summed E-state index contributed by atoms with van der Waals surface area (Å²) in [6.07, 6.45) is 4.19. The lowest BCUT2D eigenvalue weighted by Crippen LogP contribution is -2.34. The first kappa shape index (κ1) is 18.0. The Morgan fingerprint density at radius 2 is 1.86 bits per heavy atom. The number of allylic oxidation sites excluding steroid dienone is 1. The molecule has 28 heavy (non-hydrogen) atoms. The van der Waals surface area contributed by atoms with Crippen molar-refractivity contribution in [3.05, 3.63) is 71.7 Å². The Morgan fingerprint density at radius 1 is 1.11 bits per heavy atom. The summed E-state index contributed by atoms with van der Waals surface area (Å²) in [5.74, 6) is 1.83. The number of benzene rings is 1. The van der Waals surface area contributed by atoms with Crippen LogP contribution in [0.1, 0.15) is 17.0 Å². The first-order chi connectivity index (χ1) is 13.5. The van der Waals surface area contributed by atoms with Crippen molar-refractivity contribution >= 4 is 22.9 Å². The third-order valence-corrected chi connectivity index (χ3v) is 4.86. The highest BCUT2D eigenvalue weighted by molar-refractivity contribution is 6.13. The highest BCUT2D eigenvalue weighted by atomic mass is 16.5. The zero-order chi connectivity index (χ0) is 19.8. The molecule has 0 N–H and O–H groups in total. The quantitative estimate of drug-likeness (QED) is 0.659. The smallest absolute Gasteiger partial charge is 0.237 e. The fraction of sp³-hybridized carbons (Fsp3) is 0.227. The molecule has 0 bridgehead atoms. The summed E-state index contributed by atoms with van der Waals surface area (Å²) in [6, 6.07) is 14.2. The Hall–Kier alpha value is -3.41. The molecule has 0 atom stereocenters. The van der Waals surface area contributed by atoms with Gasteiger partial charge in [0, 0.05) is 44.9 Å². The van der Waals surface area contributed by atoms with E-state index in [1.165, 1.54) is 0 Å². The van der Waals surface area contributed by atoms with Crippen molar-refractivity contribution in [1.29, 1.82) is 0 Å². The molecular formula is C22H24N5O+. The van der Waals surface area contributed by atoms with Crippen LogP contribution >= 0.6 is 0 Å². The second kappa shape index (κ2) is 6.96. The lowest BCUT2D eigenvalue weighted by Gasteiger charge is -2.13. The van der Waals surface area contributed by atoms with Crippen molar-refractivity contribution in [3.63, 3.8) is 0 Å². The summed E-state index contributed by atoms with van der Waals surface area (Å²) in [6.45, 7) is 1.99. The molecular weight excluding hydrogens is 350 g/mol. The van der Waals surface area contributed by atoms with Gasteiger partial charge in [-0.1, -0.05) is 0 Å². The van der Waals surface area contributed by atoms with Crippen LogP contribution in [-0.2, 0) is 7.05 Å². The van der Waals surface area contributed by atoms with Crippen LogP contribution < -0.4 is 14.2 Å². The van der Waals surface area contributed by atoms with E-state index in [0.29, 0.717) is 0 Å². The van der Waals surface area contributed by atoms with Crippen molar-refractivity contribution < 1.29 is 9.30 Å². The zero-order valence-electron chi connectivity index (χ0n) is 16.8. The molecule has 0 fully saturated rings. The molecule has 0 amide bonds. The number of rotatable bonds is 4. The maximum Gasteiger partial charge on any atom is 0.237 e. The number of pyridine rings is 1. The number of nitrogens with zero attached hydrogens (tertiary/aromatic N) is 5. The van der Waals surface area contributed by atoms with Crippen molar-refractivity contribution in [2.45, 2.75) is 6.92 Å². The summed E-state index contributed by atoms with van der Waals surface area (Å²) in [4.78, 5) is 7.06. The number of aromatic nitrogens is 3. The third-order valence-electron chi connectivity index (χ3n) is 4.86. The molecule has 1 aromatic carbocycles. The van der Waals surface area contributed by atoms with E-state index in [9.17, 15) is 0 Å². The van der Waals surface area contributed by atoms with Crippen LogP contribution in [0.15, 0.2) is 59.7 Å². The lowest BCUT2D eigenvalue weighted by atomic mass is 10.1. The minimum absolute atomic E-state index is 0.844. The summed E-state index contributed by atoms with van der Waals surface area (Å²) in [7, 11) is 7.64. The number of ether oxygens (including phenoxy) is 1. The molecule has 0 radical (unpaired) electrons. The third kappa shape index (κ3) is 2.97. The summed E-state index contributed by atoms with van der Waals surface area (Å²) >= 11 is 0. The molecule has 3 heterocycles. The second-order valence-electron chi connectivity index (χ2n) is 6.99. The zero-order valence-corrected chi connectivity index (χ0v) is 16.8. The first-order valence-corrected chi connectivity index (χ1v) is 9.16. The van der Waals surface area contributed by atoms with Crippen molar-refractivity contribution in [2.24, 2.45) is 12.0 Å². The molecule has 0 spiro atoms. The molecule has 6 heteroatoms. The maximum atomic E-state index is 5.29. The predicted octanol–water partition coefficient (Wildman–Crippen LogP) is 3.11. The monoisotopic (exact) mass is 374 g/mol. The van der Waals surface area contributed by atoms with Crippen molar-refractivity contribution in [2.75, 3.05) is 26.1 Å². The fourth-order valence-electron chi connectivity index (χ4n) is 3.60. The van der Waals surface area contributed by atoms with Crippen LogP contribution in [0.2, 0.25) is 0 Å². The molecule has 4 rings (SSSR count). The van der Waals surface area contributed by atoms with Crippen LogP contribution in [0.4, 0.5) is 11.5 Å². The Labute approximate surface area is 165 Å². The average molecular weight is 374 g/mol. The number of aliphatic imine (C=N–C) groups is 1. The summed E-state index contributed by atoms with van der Waals surface area (Å²) in [5, 5.41) is 4.55. The van der Waals surface area contributed by atoms with E-state index in [4.69, 9.17) is 9.73 Å². The molecule has 0 saturated heterocycles. The van der Waals surface area contributed by atoms with E-state index < -0.39 is 0 Å². The van der Waals surface area contributed by atoms with Crippen LogP contribution in [0.3, 0.4) is 0 Å². The number of hydrogen-bond acceptors (Lipinski definition) is 4. The molecule has 6 nitrogen and oxygen atoms in total. The van der Waals surface area contributed by atoms with Gasteiger partial charge in [-0.15, -0.1) is 0 Å². The molecule has 3 aromatic rings. The van der Waals surface area contributed by atoms with Gasteiger partial charge in [0.15, 0.2) is 12.0 Å². The minimum Gasteiger partial charge on any atom is -0.497 e. The first-order valence-electron chi connectivity index (χ1n) is 9.16. The summed E-state index contributed by atoms with van der Waals surface area (Å²) in [5.41, 5.74) is 5.98. The molecule has 2 aromatic heterocycles. The average Bonchev–Trinajstić information content (AvgIpc) is 3.19. The van der Waals surface area contributed by atoms with E-state index >= 15 is 0 Å². The van der Waals surface area contributed by atoms with Gasteiger partial charge in [-0.05, 0) is 37.3 Å². The van der Waals surface area contributed by atoms with Crippen LogP contribution in [0.5, 0.6) is 5.75 Å². The number of methoxy groups -OCH3 is 1. The minimum atomic E-state index is 0.844. The second-order valence-corrected chi connectivity index (χ2v) is 6.99. The number of hydrogen-bond donors (Lipinski definition) is 0. The van der Waals surface area contributed by atoms with E-state index in [-0.39, 0.29) is 0 Å². The lowest BCUT2D eigenvalue weighted by molar-refractivity contribution is -0.577. The van der Waals surface area contributed by atoms with E-state index in [0.717, 1.165) is 45.6 Å². The molecule has 0 saturated carbocycles. The standard InChI is InChI=1S/C22H24N5O/c1-15-21(22(25(2)3)26(4)24-15)23-18-14-20(27-13-7-6-8-19(18)27)16-9-11-17(28-5)12-10-16/h6-14H,1-5H3/q+1.